The van der Waals surface area contributed by atoms with E-state index in [2.05, 4.69) is 34.4 Å². The van der Waals surface area contributed by atoms with E-state index < -0.39 is 0 Å². The molecule has 0 amide bonds. The fourth-order valence-corrected chi connectivity index (χ4v) is 5.04. The molecule has 0 saturated heterocycles. The number of hydrogen-bond donors (Lipinski definition) is 0. The molecule has 186 valence electrons. The molecule has 0 saturated carbocycles. The van der Waals surface area contributed by atoms with Crippen molar-refractivity contribution in [1.29, 1.82) is 0 Å². The van der Waals surface area contributed by atoms with E-state index in [4.69, 9.17) is 23.2 Å². The Kier molecular flexibility index (Phi) is 8.75. The van der Waals surface area contributed by atoms with Crippen molar-refractivity contribution < 1.29 is 0 Å². The highest BCUT2D eigenvalue weighted by atomic mass is 127. The van der Waals surface area contributed by atoms with E-state index in [1.54, 1.807) is 9.13 Å². The van der Waals surface area contributed by atoms with Crippen LogP contribution < -0.4 is 11.1 Å². The molecular formula is C30H23Cl2IN2O2. The minimum Gasteiger partial charge on any atom is -0.308 e. The Hall–Kier alpha value is -3.05. The van der Waals surface area contributed by atoms with E-state index in [-0.39, 0.29) is 11.1 Å². The van der Waals surface area contributed by atoms with Gasteiger partial charge in [0.1, 0.15) is 0 Å². The van der Waals surface area contributed by atoms with Gasteiger partial charge in [-0.25, -0.2) is 0 Å². The second-order valence-corrected chi connectivity index (χ2v) is 10.2. The summed E-state index contributed by atoms with van der Waals surface area (Å²) in [5.74, 6) is 6.26. The van der Waals surface area contributed by atoms with Crippen molar-refractivity contribution in [2.45, 2.75) is 26.9 Å². The fourth-order valence-electron chi connectivity index (χ4n) is 4.06. The zero-order valence-electron chi connectivity index (χ0n) is 20.3. The standard InChI is InChI=1S/C19H14ClNO.C11H9ClINO/c1-2-21-18-11-10-15(9-8-14-6-4-3-5-7-14)12-16(18)17(20)13-19(21)22;1-2-14-10-4-3-7(13)5-8(10)9(12)6-11(14)15/h3-7,10-13H,2H2,1H3;3-6H,2H2,1H3. The summed E-state index contributed by atoms with van der Waals surface area (Å²) < 4.78 is 4.54. The first-order valence-corrected chi connectivity index (χ1v) is 13.5. The van der Waals surface area contributed by atoms with Crippen LogP contribution in [0.5, 0.6) is 0 Å². The van der Waals surface area contributed by atoms with Gasteiger partial charge in [-0.05, 0) is 85.0 Å². The quantitative estimate of drug-likeness (QED) is 0.150. The van der Waals surface area contributed by atoms with Crippen molar-refractivity contribution in [1.82, 2.24) is 9.13 Å². The van der Waals surface area contributed by atoms with E-state index in [9.17, 15) is 9.59 Å². The van der Waals surface area contributed by atoms with Crippen LogP contribution in [0.2, 0.25) is 10.0 Å². The largest absolute Gasteiger partial charge is 0.308 e. The minimum atomic E-state index is -0.0804. The van der Waals surface area contributed by atoms with Crippen LogP contribution >= 0.6 is 45.8 Å². The van der Waals surface area contributed by atoms with Gasteiger partial charge in [0, 0.05) is 50.7 Å². The molecule has 0 atom stereocenters. The summed E-state index contributed by atoms with van der Waals surface area (Å²) in [6, 6.07) is 24.4. The predicted molar refractivity (Wildman–Crippen MR) is 163 cm³/mol. The topological polar surface area (TPSA) is 44.0 Å². The number of rotatable bonds is 2. The van der Waals surface area contributed by atoms with Crippen LogP contribution in [0.25, 0.3) is 21.8 Å². The van der Waals surface area contributed by atoms with Crippen LogP contribution in [0.4, 0.5) is 0 Å². The number of halogens is 3. The third-order valence-corrected chi connectivity index (χ3v) is 7.14. The van der Waals surface area contributed by atoms with Crippen LogP contribution in [-0.2, 0) is 13.1 Å². The fraction of sp³-hybridized carbons (Fsp3) is 0.133. The Morgan fingerprint density at radius 3 is 1.76 bits per heavy atom. The van der Waals surface area contributed by atoms with Gasteiger partial charge in [-0.1, -0.05) is 53.2 Å². The van der Waals surface area contributed by atoms with Gasteiger partial charge in [0.15, 0.2) is 0 Å². The molecule has 0 unspecified atom stereocenters. The van der Waals surface area contributed by atoms with Gasteiger partial charge in [0.05, 0.1) is 21.1 Å². The Balaban J connectivity index is 0.000000186. The number of aryl methyl sites for hydroxylation is 2. The normalized spacial score (nSPS) is 10.5. The lowest BCUT2D eigenvalue weighted by Gasteiger charge is -2.09. The molecule has 5 aromatic rings. The first kappa shape index (κ1) is 27.0. The number of benzene rings is 3. The molecule has 0 bridgehead atoms. The SMILES string of the molecule is CCn1c(=O)cc(Cl)c2cc(C#Cc3ccccc3)ccc21.CCn1c(=O)cc(Cl)c2cc(I)ccc21. The maximum Gasteiger partial charge on any atom is 0.252 e. The molecule has 37 heavy (non-hydrogen) atoms. The van der Waals surface area contributed by atoms with Crippen LogP contribution in [0, 0.1) is 15.4 Å². The summed E-state index contributed by atoms with van der Waals surface area (Å²) in [5, 5.41) is 2.78. The number of fused-ring (bicyclic) bond motifs is 2. The highest BCUT2D eigenvalue weighted by Gasteiger charge is 2.07. The Morgan fingerprint density at radius 2 is 1.19 bits per heavy atom. The van der Waals surface area contributed by atoms with Crippen molar-refractivity contribution in [2.75, 3.05) is 0 Å². The van der Waals surface area contributed by atoms with Crippen molar-refractivity contribution in [3.05, 3.63) is 124 Å². The average molecular weight is 641 g/mol. The summed E-state index contributed by atoms with van der Waals surface area (Å²) in [6.07, 6.45) is 0. The summed E-state index contributed by atoms with van der Waals surface area (Å²) in [7, 11) is 0. The van der Waals surface area contributed by atoms with Crippen molar-refractivity contribution in [3.63, 3.8) is 0 Å². The lowest BCUT2D eigenvalue weighted by atomic mass is 10.1. The number of aromatic nitrogens is 2. The molecule has 2 aromatic heterocycles. The van der Waals surface area contributed by atoms with Gasteiger partial charge in [0.2, 0.25) is 0 Å². The van der Waals surface area contributed by atoms with Crippen LogP contribution in [0.1, 0.15) is 25.0 Å². The molecule has 0 aliphatic carbocycles. The second-order valence-electron chi connectivity index (χ2n) is 8.16. The Morgan fingerprint density at radius 1 is 0.676 bits per heavy atom. The van der Waals surface area contributed by atoms with E-state index >= 15 is 0 Å². The van der Waals surface area contributed by atoms with Gasteiger partial charge in [-0.3, -0.25) is 9.59 Å². The summed E-state index contributed by atoms with van der Waals surface area (Å²) in [5.41, 5.74) is 3.45. The third kappa shape index (κ3) is 6.10. The molecule has 0 N–H and O–H groups in total. The smallest absolute Gasteiger partial charge is 0.252 e. The van der Waals surface area contributed by atoms with Crippen LogP contribution in [-0.4, -0.2) is 9.13 Å². The number of hydrogen-bond acceptors (Lipinski definition) is 2. The van der Waals surface area contributed by atoms with Crippen LogP contribution in [0.15, 0.2) is 88.5 Å². The monoisotopic (exact) mass is 640 g/mol. The van der Waals surface area contributed by atoms with E-state index in [1.807, 2.05) is 80.6 Å². The van der Waals surface area contributed by atoms with E-state index in [0.29, 0.717) is 23.1 Å². The first-order valence-electron chi connectivity index (χ1n) is 11.7. The average Bonchev–Trinajstić information content (AvgIpc) is 2.89. The summed E-state index contributed by atoms with van der Waals surface area (Å²) in [4.78, 5) is 23.6. The van der Waals surface area contributed by atoms with E-state index in [0.717, 1.165) is 36.5 Å². The zero-order chi connectivity index (χ0) is 26.5. The Bertz CT molecular complexity index is 1780. The molecule has 3 aromatic carbocycles. The molecule has 7 heteroatoms. The molecule has 0 aliphatic heterocycles. The van der Waals surface area contributed by atoms with Gasteiger partial charge in [-0.15, -0.1) is 0 Å². The van der Waals surface area contributed by atoms with Gasteiger partial charge >= 0.3 is 0 Å². The van der Waals surface area contributed by atoms with Gasteiger partial charge in [0.25, 0.3) is 11.1 Å². The van der Waals surface area contributed by atoms with Crippen molar-refractivity contribution in [3.8, 4) is 11.8 Å². The molecule has 5 rings (SSSR count). The summed E-state index contributed by atoms with van der Waals surface area (Å²) >= 11 is 14.5. The number of pyridine rings is 2. The lowest BCUT2D eigenvalue weighted by molar-refractivity contribution is 0.760. The summed E-state index contributed by atoms with van der Waals surface area (Å²) in [6.45, 7) is 5.17. The molecule has 0 fully saturated rings. The zero-order valence-corrected chi connectivity index (χ0v) is 23.9. The molecule has 0 aliphatic rings. The second kappa shape index (κ2) is 12.0. The first-order chi connectivity index (χ1) is 17.8. The Labute approximate surface area is 238 Å². The van der Waals surface area contributed by atoms with Gasteiger partial charge < -0.3 is 9.13 Å². The maximum atomic E-state index is 11.9. The lowest BCUT2D eigenvalue weighted by Crippen LogP contribution is -2.18. The minimum absolute atomic E-state index is 0.0452. The molecule has 0 spiro atoms. The van der Waals surface area contributed by atoms with Crippen molar-refractivity contribution >= 4 is 67.6 Å². The maximum absolute atomic E-state index is 11.9. The number of nitrogens with zero attached hydrogens (tertiary/aromatic N) is 2. The van der Waals surface area contributed by atoms with E-state index in [1.165, 1.54) is 12.1 Å². The molecule has 4 nitrogen and oxygen atoms in total. The highest BCUT2D eigenvalue weighted by molar-refractivity contribution is 14.1. The molecule has 2 heterocycles. The van der Waals surface area contributed by atoms with Crippen molar-refractivity contribution in [2.24, 2.45) is 0 Å². The molecular weight excluding hydrogens is 618 g/mol. The highest BCUT2D eigenvalue weighted by Crippen LogP contribution is 2.24. The third-order valence-electron chi connectivity index (χ3n) is 5.84. The molecule has 0 radical (unpaired) electrons. The predicted octanol–water partition coefficient (Wildman–Crippen LogP) is 7.35. The van der Waals surface area contributed by atoms with Gasteiger partial charge in [-0.2, -0.15) is 0 Å². The van der Waals surface area contributed by atoms with Crippen LogP contribution in [0.3, 0.4) is 0 Å².